The highest BCUT2D eigenvalue weighted by atomic mass is 79.9. The molecule has 0 saturated carbocycles. The van der Waals surface area contributed by atoms with Crippen molar-refractivity contribution in [1.29, 1.82) is 0 Å². The van der Waals surface area contributed by atoms with E-state index in [0.29, 0.717) is 20.7 Å². The smallest absolute Gasteiger partial charge is 0.258 e. The zero-order valence-corrected chi connectivity index (χ0v) is 12.3. The van der Waals surface area contributed by atoms with Gasteiger partial charge in [-0.25, -0.2) is 4.39 Å². The molecule has 0 aliphatic carbocycles. The summed E-state index contributed by atoms with van der Waals surface area (Å²) in [5.41, 5.74) is 0.998. The summed E-state index contributed by atoms with van der Waals surface area (Å²) in [7, 11) is 0. The van der Waals surface area contributed by atoms with E-state index in [1.54, 1.807) is 37.3 Å². The van der Waals surface area contributed by atoms with Crippen LogP contribution in [-0.2, 0) is 0 Å². The maximum absolute atomic E-state index is 13.8. The van der Waals surface area contributed by atoms with Crippen LogP contribution >= 0.6 is 27.5 Å². The summed E-state index contributed by atoms with van der Waals surface area (Å²) < 4.78 is 14.5. The van der Waals surface area contributed by atoms with E-state index in [1.165, 1.54) is 6.07 Å². The Morgan fingerprint density at radius 3 is 2.74 bits per heavy atom. The van der Waals surface area contributed by atoms with Crippen LogP contribution in [0.1, 0.15) is 15.9 Å². The summed E-state index contributed by atoms with van der Waals surface area (Å²) in [6, 6.07) is 9.67. The molecule has 2 aromatic rings. The summed E-state index contributed by atoms with van der Waals surface area (Å²) in [5.74, 6) is -0.997. The lowest BCUT2D eigenvalue weighted by Gasteiger charge is -2.08. The second-order valence-corrected chi connectivity index (χ2v) is 5.28. The Morgan fingerprint density at radius 2 is 2.05 bits per heavy atom. The van der Waals surface area contributed by atoms with Crippen molar-refractivity contribution in [2.24, 2.45) is 0 Å². The molecule has 0 aromatic heterocycles. The molecule has 0 fully saturated rings. The number of rotatable bonds is 2. The number of hydrogen-bond acceptors (Lipinski definition) is 1. The van der Waals surface area contributed by atoms with E-state index in [-0.39, 0.29) is 5.56 Å². The molecule has 0 unspecified atom stereocenters. The molecule has 0 atom stereocenters. The monoisotopic (exact) mass is 341 g/mol. The minimum atomic E-state index is -0.506. The molecule has 98 valence electrons. The first-order valence-electron chi connectivity index (χ1n) is 5.50. The predicted molar refractivity (Wildman–Crippen MR) is 78.2 cm³/mol. The first-order valence-corrected chi connectivity index (χ1v) is 6.67. The number of hydrogen-bond donors (Lipinski definition) is 1. The second-order valence-electron chi connectivity index (χ2n) is 4.02. The largest absolute Gasteiger partial charge is 0.322 e. The van der Waals surface area contributed by atoms with Crippen LogP contribution in [0.15, 0.2) is 40.9 Å². The molecule has 2 aromatic carbocycles. The third kappa shape index (κ3) is 3.14. The van der Waals surface area contributed by atoms with Gasteiger partial charge < -0.3 is 5.32 Å². The van der Waals surface area contributed by atoms with Gasteiger partial charge in [0.15, 0.2) is 0 Å². The molecule has 1 amide bonds. The van der Waals surface area contributed by atoms with E-state index in [2.05, 4.69) is 21.2 Å². The topological polar surface area (TPSA) is 29.1 Å². The molecule has 5 heteroatoms. The normalized spacial score (nSPS) is 10.3. The van der Waals surface area contributed by atoms with Gasteiger partial charge in [0.2, 0.25) is 0 Å². The maximum atomic E-state index is 13.8. The molecule has 0 spiro atoms. The molecule has 19 heavy (non-hydrogen) atoms. The fraction of sp³-hybridized carbons (Fsp3) is 0.0714. The number of carbonyl (C=O) groups excluding carboxylic acids is 1. The molecule has 0 saturated heterocycles. The van der Waals surface area contributed by atoms with E-state index < -0.39 is 11.7 Å². The molecular weight excluding hydrogens is 333 g/mol. The van der Waals surface area contributed by atoms with E-state index >= 15 is 0 Å². The van der Waals surface area contributed by atoms with Crippen LogP contribution in [0.2, 0.25) is 5.02 Å². The van der Waals surface area contributed by atoms with Gasteiger partial charge >= 0.3 is 0 Å². The fourth-order valence-electron chi connectivity index (χ4n) is 1.60. The lowest BCUT2D eigenvalue weighted by molar-refractivity contribution is 0.102. The Morgan fingerprint density at radius 1 is 1.32 bits per heavy atom. The summed E-state index contributed by atoms with van der Waals surface area (Å²) in [6.45, 7) is 1.62. The molecule has 1 N–H and O–H groups in total. The first-order chi connectivity index (χ1) is 8.99. The SMILES string of the molecule is Cc1cccc(C(=O)Nc2ccc(Cl)c(Br)c2)c1F. The van der Waals surface area contributed by atoms with Gasteiger partial charge in [-0.1, -0.05) is 23.7 Å². The lowest BCUT2D eigenvalue weighted by Crippen LogP contribution is -2.14. The highest BCUT2D eigenvalue weighted by Gasteiger charge is 2.13. The summed E-state index contributed by atoms with van der Waals surface area (Å²) >= 11 is 9.12. The summed E-state index contributed by atoms with van der Waals surface area (Å²) in [5, 5.41) is 3.17. The van der Waals surface area contributed by atoms with Crippen molar-refractivity contribution in [2.45, 2.75) is 6.92 Å². The minimum Gasteiger partial charge on any atom is -0.322 e. The highest BCUT2D eigenvalue weighted by molar-refractivity contribution is 9.10. The standard InChI is InChI=1S/C14H10BrClFNO/c1-8-3-2-4-10(13(8)17)14(19)18-9-5-6-12(16)11(15)7-9/h2-7H,1H3,(H,18,19). The van der Waals surface area contributed by atoms with Crippen molar-refractivity contribution in [3.05, 3.63) is 62.8 Å². The van der Waals surface area contributed by atoms with Gasteiger partial charge in [0.1, 0.15) is 5.82 Å². The lowest BCUT2D eigenvalue weighted by atomic mass is 10.1. The molecule has 0 radical (unpaired) electrons. The van der Waals surface area contributed by atoms with Gasteiger partial charge in [-0.15, -0.1) is 0 Å². The molecule has 0 aliphatic heterocycles. The van der Waals surface area contributed by atoms with Crippen LogP contribution in [0.25, 0.3) is 0 Å². The van der Waals surface area contributed by atoms with Crippen molar-refractivity contribution in [1.82, 2.24) is 0 Å². The fourth-order valence-corrected chi connectivity index (χ4v) is 2.09. The molecule has 2 rings (SSSR count). The van der Waals surface area contributed by atoms with Crippen molar-refractivity contribution in [3.8, 4) is 0 Å². The number of aryl methyl sites for hydroxylation is 1. The number of amides is 1. The average Bonchev–Trinajstić information content (AvgIpc) is 2.37. The van der Waals surface area contributed by atoms with Crippen LogP contribution in [0.5, 0.6) is 0 Å². The van der Waals surface area contributed by atoms with Gasteiger partial charge in [0, 0.05) is 10.2 Å². The molecule has 2 nitrogen and oxygen atoms in total. The number of benzene rings is 2. The Balaban J connectivity index is 2.26. The van der Waals surface area contributed by atoms with Crippen LogP contribution in [0.4, 0.5) is 10.1 Å². The van der Waals surface area contributed by atoms with Crippen LogP contribution < -0.4 is 5.32 Å². The zero-order valence-electron chi connectivity index (χ0n) is 10.0. The van der Waals surface area contributed by atoms with E-state index in [4.69, 9.17) is 11.6 Å². The maximum Gasteiger partial charge on any atom is 0.258 e. The van der Waals surface area contributed by atoms with Crippen molar-refractivity contribution in [2.75, 3.05) is 5.32 Å². The van der Waals surface area contributed by atoms with Crippen molar-refractivity contribution in [3.63, 3.8) is 0 Å². The average molecular weight is 343 g/mol. The quantitative estimate of drug-likeness (QED) is 0.834. The number of halogens is 3. The first kappa shape index (κ1) is 14.0. The summed E-state index contributed by atoms with van der Waals surface area (Å²) in [6.07, 6.45) is 0. The van der Waals surface area contributed by atoms with Crippen molar-refractivity contribution < 1.29 is 9.18 Å². The van der Waals surface area contributed by atoms with Crippen LogP contribution in [0, 0.1) is 12.7 Å². The van der Waals surface area contributed by atoms with Gasteiger partial charge in [0.25, 0.3) is 5.91 Å². The molecule has 0 heterocycles. The van der Waals surface area contributed by atoms with E-state index in [1.807, 2.05) is 0 Å². The van der Waals surface area contributed by atoms with Gasteiger partial charge in [0.05, 0.1) is 10.6 Å². The zero-order chi connectivity index (χ0) is 14.0. The third-order valence-electron chi connectivity index (χ3n) is 2.61. The predicted octanol–water partition coefficient (Wildman–Crippen LogP) is 4.80. The van der Waals surface area contributed by atoms with Gasteiger partial charge in [-0.2, -0.15) is 0 Å². The number of carbonyl (C=O) groups is 1. The van der Waals surface area contributed by atoms with E-state index in [9.17, 15) is 9.18 Å². The summed E-state index contributed by atoms with van der Waals surface area (Å²) in [4.78, 5) is 12.0. The highest BCUT2D eigenvalue weighted by Crippen LogP contribution is 2.26. The van der Waals surface area contributed by atoms with Gasteiger partial charge in [-0.05, 0) is 52.7 Å². The Labute approximate surface area is 123 Å². The second kappa shape index (κ2) is 5.72. The van der Waals surface area contributed by atoms with Crippen LogP contribution in [0.3, 0.4) is 0 Å². The molecule has 0 aliphatic rings. The Hall–Kier alpha value is -1.39. The molecule has 0 bridgehead atoms. The third-order valence-corrected chi connectivity index (χ3v) is 3.83. The molecular formula is C14H10BrClFNO. The Bertz CT molecular complexity index is 645. The minimum absolute atomic E-state index is 0.0195. The van der Waals surface area contributed by atoms with Crippen molar-refractivity contribution >= 4 is 39.1 Å². The Kier molecular flexibility index (Phi) is 4.22. The van der Waals surface area contributed by atoms with Crippen LogP contribution in [-0.4, -0.2) is 5.91 Å². The van der Waals surface area contributed by atoms with E-state index in [0.717, 1.165) is 0 Å². The number of nitrogens with one attached hydrogen (secondary N) is 1. The van der Waals surface area contributed by atoms with Gasteiger partial charge in [-0.3, -0.25) is 4.79 Å². The number of anilines is 1.